The van der Waals surface area contributed by atoms with E-state index in [0.29, 0.717) is 5.56 Å². The zero-order chi connectivity index (χ0) is 11.5. The Kier molecular flexibility index (Phi) is 2.83. The minimum Gasteiger partial charge on any atom is -0.478 e. The maximum atomic E-state index is 11.0. The van der Waals surface area contributed by atoms with Crippen molar-refractivity contribution in [3.63, 3.8) is 0 Å². The van der Waals surface area contributed by atoms with Crippen LogP contribution in [-0.4, -0.2) is 16.1 Å². The van der Waals surface area contributed by atoms with Crippen LogP contribution in [0.25, 0.3) is 16.6 Å². The van der Waals surface area contributed by atoms with Gasteiger partial charge in [0.2, 0.25) is 0 Å². The lowest BCUT2D eigenvalue weighted by Gasteiger charge is -2.06. The van der Waals surface area contributed by atoms with Gasteiger partial charge in [-0.2, -0.15) is 0 Å². The number of nitrogens with zero attached hydrogens (tertiary/aromatic N) is 1. The lowest BCUT2D eigenvalue weighted by molar-refractivity contribution is 0.0696. The Morgan fingerprint density at radius 1 is 1.50 bits per heavy atom. The van der Waals surface area contributed by atoms with E-state index >= 15 is 0 Å². The number of aromatic carboxylic acids is 1. The van der Waals surface area contributed by atoms with Crippen LogP contribution in [0.4, 0.5) is 0 Å². The van der Waals surface area contributed by atoms with Crippen LogP contribution in [0.1, 0.15) is 15.9 Å². The summed E-state index contributed by atoms with van der Waals surface area (Å²) in [6.45, 7) is 3.66. The highest BCUT2D eigenvalue weighted by atomic mass is 32.1. The normalized spacial score (nSPS) is 10.0. The maximum absolute atomic E-state index is 11.0. The summed E-state index contributed by atoms with van der Waals surface area (Å²) in [5.74, 6) is -0.951. The quantitative estimate of drug-likeness (QED) is 0.882. The van der Waals surface area contributed by atoms with Crippen molar-refractivity contribution < 1.29 is 9.90 Å². The molecule has 0 saturated carbocycles. The first-order chi connectivity index (χ1) is 7.74. The summed E-state index contributed by atoms with van der Waals surface area (Å²) >= 11 is 1.47. The third-order valence-corrected chi connectivity index (χ3v) is 3.01. The van der Waals surface area contributed by atoms with Crippen molar-refractivity contribution in [2.24, 2.45) is 0 Å². The Hall–Kier alpha value is -1.94. The highest BCUT2D eigenvalue weighted by Gasteiger charge is 2.13. The van der Waals surface area contributed by atoms with E-state index in [9.17, 15) is 4.79 Å². The van der Waals surface area contributed by atoms with Gasteiger partial charge in [-0.15, -0.1) is 11.3 Å². The van der Waals surface area contributed by atoms with Gasteiger partial charge in [-0.1, -0.05) is 24.8 Å². The molecule has 0 aliphatic heterocycles. The molecule has 1 N–H and O–H groups in total. The van der Waals surface area contributed by atoms with E-state index in [1.165, 1.54) is 11.3 Å². The number of hydrogen-bond acceptors (Lipinski definition) is 3. The van der Waals surface area contributed by atoms with Crippen molar-refractivity contribution in [1.82, 2.24) is 4.98 Å². The number of thiazole rings is 1. The van der Waals surface area contributed by atoms with Crippen molar-refractivity contribution in [2.45, 2.75) is 0 Å². The van der Waals surface area contributed by atoms with E-state index in [4.69, 9.17) is 5.11 Å². The molecule has 2 aromatic rings. The van der Waals surface area contributed by atoms with Crippen LogP contribution in [0, 0.1) is 0 Å². The number of benzene rings is 1. The highest BCUT2D eigenvalue weighted by Crippen LogP contribution is 2.28. The lowest BCUT2D eigenvalue weighted by Crippen LogP contribution is -2.00. The molecule has 1 heterocycles. The second kappa shape index (κ2) is 4.28. The number of hydrogen-bond donors (Lipinski definition) is 1. The molecule has 0 fully saturated rings. The Balaban J connectivity index is 2.67. The molecule has 80 valence electrons. The third-order valence-electron chi connectivity index (χ3n) is 2.20. The van der Waals surface area contributed by atoms with Gasteiger partial charge in [0.1, 0.15) is 5.01 Å². The Morgan fingerprint density at radius 2 is 2.31 bits per heavy atom. The van der Waals surface area contributed by atoms with Gasteiger partial charge >= 0.3 is 5.97 Å². The van der Waals surface area contributed by atoms with Crippen LogP contribution in [0.5, 0.6) is 0 Å². The highest BCUT2D eigenvalue weighted by molar-refractivity contribution is 7.13. The fourth-order valence-electron chi connectivity index (χ4n) is 1.51. The summed E-state index contributed by atoms with van der Waals surface area (Å²) in [6.07, 6.45) is 3.25. The van der Waals surface area contributed by atoms with Crippen LogP contribution in [0.15, 0.2) is 36.4 Å². The zero-order valence-electron chi connectivity index (χ0n) is 8.38. The Labute approximate surface area is 96.7 Å². The molecule has 0 unspecified atom stereocenters. The lowest BCUT2D eigenvalue weighted by atomic mass is 10.0. The Bertz CT molecular complexity index is 532. The molecule has 16 heavy (non-hydrogen) atoms. The topological polar surface area (TPSA) is 50.2 Å². The van der Waals surface area contributed by atoms with Crippen molar-refractivity contribution >= 4 is 23.4 Å². The average molecular weight is 231 g/mol. The molecule has 4 heteroatoms. The first-order valence-electron chi connectivity index (χ1n) is 4.62. The monoisotopic (exact) mass is 231 g/mol. The van der Waals surface area contributed by atoms with Crippen molar-refractivity contribution in [2.75, 3.05) is 0 Å². The van der Waals surface area contributed by atoms with Crippen molar-refractivity contribution in [1.29, 1.82) is 0 Å². The molecule has 0 radical (unpaired) electrons. The van der Waals surface area contributed by atoms with Crippen LogP contribution in [0.3, 0.4) is 0 Å². The average Bonchev–Trinajstić information content (AvgIpc) is 2.81. The largest absolute Gasteiger partial charge is 0.478 e. The third kappa shape index (κ3) is 1.75. The molecule has 0 aliphatic carbocycles. The van der Waals surface area contributed by atoms with Crippen LogP contribution in [-0.2, 0) is 0 Å². The van der Waals surface area contributed by atoms with Crippen LogP contribution in [0.2, 0.25) is 0 Å². The summed E-state index contributed by atoms with van der Waals surface area (Å²) in [6, 6.07) is 5.13. The molecule has 0 amide bonds. The number of aromatic nitrogens is 1. The van der Waals surface area contributed by atoms with Gasteiger partial charge in [0.25, 0.3) is 0 Å². The van der Waals surface area contributed by atoms with Gasteiger partial charge in [0, 0.05) is 17.1 Å². The summed E-state index contributed by atoms with van der Waals surface area (Å²) in [7, 11) is 0. The fourth-order valence-corrected chi connectivity index (χ4v) is 2.19. The number of carboxylic acid groups (broad SMARTS) is 1. The molecule has 1 aromatic carbocycles. The molecule has 2 rings (SSSR count). The number of rotatable bonds is 3. The van der Waals surface area contributed by atoms with Crippen LogP contribution >= 0.6 is 11.3 Å². The first-order valence-corrected chi connectivity index (χ1v) is 5.50. The van der Waals surface area contributed by atoms with E-state index in [1.54, 1.807) is 24.4 Å². The molecule has 0 aliphatic rings. The van der Waals surface area contributed by atoms with E-state index in [1.807, 2.05) is 11.4 Å². The fraction of sp³-hybridized carbons (Fsp3) is 0. The first kappa shape index (κ1) is 10.6. The van der Waals surface area contributed by atoms with Gasteiger partial charge in [0.05, 0.1) is 5.56 Å². The predicted octanol–water partition coefficient (Wildman–Crippen LogP) is 3.15. The molecule has 0 saturated heterocycles. The number of carbonyl (C=O) groups is 1. The van der Waals surface area contributed by atoms with E-state index < -0.39 is 5.97 Å². The summed E-state index contributed by atoms with van der Waals surface area (Å²) in [5, 5.41) is 11.7. The van der Waals surface area contributed by atoms with Crippen molar-refractivity contribution in [3.8, 4) is 10.6 Å². The van der Waals surface area contributed by atoms with Gasteiger partial charge in [-0.3, -0.25) is 0 Å². The maximum Gasteiger partial charge on any atom is 0.336 e. The van der Waals surface area contributed by atoms with E-state index in [-0.39, 0.29) is 5.56 Å². The minimum absolute atomic E-state index is 0.253. The van der Waals surface area contributed by atoms with Crippen LogP contribution < -0.4 is 0 Å². The smallest absolute Gasteiger partial charge is 0.336 e. The minimum atomic E-state index is -0.951. The zero-order valence-corrected chi connectivity index (χ0v) is 9.20. The van der Waals surface area contributed by atoms with E-state index in [0.717, 1.165) is 10.6 Å². The molecule has 0 spiro atoms. The second-order valence-corrected chi connectivity index (χ2v) is 4.01. The van der Waals surface area contributed by atoms with Gasteiger partial charge in [-0.25, -0.2) is 9.78 Å². The van der Waals surface area contributed by atoms with Gasteiger partial charge < -0.3 is 5.11 Å². The molecule has 0 bridgehead atoms. The van der Waals surface area contributed by atoms with Gasteiger partial charge in [-0.05, 0) is 11.6 Å². The Morgan fingerprint density at radius 3 is 2.88 bits per heavy atom. The molecular formula is C12H9NO2S. The molecular weight excluding hydrogens is 222 g/mol. The molecule has 0 atom stereocenters. The summed E-state index contributed by atoms with van der Waals surface area (Å²) in [4.78, 5) is 15.2. The molecule has 3 nitrogen and oxygen atoms in total. The number of carboxylic acids is 1. The van der Waals surface area contributed by atoms with E-state index in [2.05, 4.69) is 11.6 Å². The summed E-state index contributed by atoms with van der Waals surface area (Å²) < 4.78 is 0. The standard InChI is InChI=1S/C12H9NO2S/c1-2-8-9(11-13-6-7-16-11)4-3-5-10(8)12(14)15/h2-7H,1H2,(H,14,15). The SMILES string of the molecule is C=Cc1c(C(=O)O)cccc1-c1nccs1. The molecule has 1 aromatic heterocycles. The predicted molar refractivity (Wildman–Crippen MR) is 64.6 cm³/mol. The van der Waals surface area contributed by atoms with Crippen molar-refractivity contribution in [3.05, 3.63) is 47.5 Å². The summed E-state index contributed by atoms with van der Waals surface area (Å²) in [5.41, 5.74) is 1.68. The second-order valence-electron chi connectivity index (χ2n) is 3.11. The van der Waals surface area contributed by atoms with Gasteiger partial charge in [0.15, 0.2) is 0 Å².